The highest BCUT2D eigenvalue weighted by Gasteiger charge is 2.06. The predicted molar refractivity (Wildman–Crippen MR) is 76.3 cm³/mol. The van der Waals surface area contributed by atoms with E-state index in [1.54, 1.807) is 18.2 Å². The van der Waals surface area contributed by atoms with Crippen LogP contribution in [-0.2, 0) is 0 Å². The molecule has 0 saturated heterocycles. The molecular weight excluding hydrogens is 261 g/mol. The van der Waals surface area contributed by atoms with Gasteiger partial charge >= 0.3 is 0 Å². The Morgan fingerprint density at radius 3 is 2.95 bits per heavy atom. The van der Waals surface area contributed by atoms with Crippen LogP contribution in [0.5, 0.6) is 0 Å². The summed E-state index contributed by atoms with van der Waals surface area (Å²) < 4.78 is 13.5. The van der Waals surface area contributed by atoms with E-state index >= 15 is 0 Å². The normalized spacial score (nSPS) is 10.3. The number of hydrogen-bond donors (Lipinski definition) is 4. The van der Waals surface area contributed by atoms with Gasteiger partial charge in [-0.15, -0.1) is 0 Å². The average Bonchev–Trinajstić information content (AvgIpc) is 2.42. The third-order valence-electron chi connectivity index (χ3n) is 2.51. The number of halogens is 1. The highest BCUT2D eigenvalue weighted by Crippen LogP contribution is 2.18. The van der Waals surface area contributed by atoms with Crippen molar-refractivity contribution in [2.75, 3.05) is 29.5 Å². The molecule has 0 bridgehead atoms. The lowest BCUT2D eigenvalue weighted by atomic mass is 10.3. The Morgan fingerprint density at radius 1 is 1.35 bits per heavy atom. The van der Waals surface area contributed by atoms with Crippen molar-refractivity contribution in [3.8, 4) is 0 Å². The molecule has 1 aromatic heterocycles. The number of rotatable bonds is 6. The van der Waals surface area contributed by atoms with E-state index in [9.17, 15) is 4.39 Å². The van der Waals surface area contributed by atoms with E-state index in [2.05, 4.69) is 20.6 Å². The second-order valence-electron chi connectivity index (χ2n) is 4.14. The van der Waals surface area contributed by atoms with Gasteiger partial charge in [-0.25, -0.2) is 9.37 Å². The minimum atomic E-state index is -0.541. The number of benzene rings is 1. The van der Waals surface area contributed by atoms with Gasteiger partial charge in [0, 0.05) is 24.5 Å². The number of aliphatic hydroxyl groups excluding tert-OH is 1. The molecule has 106 valence electrons. The number of nitrogens with two attached hydrogens (primary N) is 1. The van der Waals surface area contributed by atoms with Crippen LogP contribution in [0, 0.1) is 5.82 Å². The maximum atomic E-state index is 13.5. The molecule has 0 radical (unpaired) electrons. The second-order valence-corrected chi connectivity index (χ2v) is 4.14. The molecule has 7 heteroatoms. The zero-order valence-electron chi connectivity index (χ0n) is 10.8. The third-order valence-corrected chi connectivity index (χ3v) is 2.51. The highest BCUT2D eigenvalue weighted by molar-refractivity contribution is 5.60. The molecule has 20 heavy (non-hydrogen) atoms. The van der Waals surface area contributed by atoms with Crippen LogP contribution in [-0.4, -0.2) is 28.2 Å². The summed E-state index contributed by atoms with van der Waals surface area (Å²) in [6.07, 6.45) is 1.60. The molecule has 2 aromatic rings. The fourth-order valence-electron chi connectivity index (χ4n) is 1.58. The average molecular weight is 277 g/mol. The SMILES string of the molecule is Nc1cccc(Nc2ncc(F)c(NCCCO)n2)c1. The van der Waals surface area contributed by atoms with Gasteiger partial charge in [-0.05, 0) is 24.6 Å². The summed E-state index contributed by atoms with van der Waals surface area (Å²) in [5, 5.41) is 14.4. The van der Waals surface area contributed by atoms with Crippen LogP contribution in [0.2, 0.25) is 0 Å². The zero-order valence-corrected chi connectivity index (χ0v) is 10.8. The van der Waals surface area contributed by atoms with Crippen molar-refractivity contribution in [2.24, 2.45) is 0 Å². The monoisotopic (exact) mass is 277 g/mol. The van der Waals surface area contributed by atoms with E-state index in [0.29, 0.717) is 18.7 Å². The van der Waals surface area contributed by atoms with E-state index in [-0.39, 0.29) is 18.4 Å². The maximum absolute atomic E-state index is 13.5. The van der Waals surface area contributed by atoms with Crippen LogP contribution in [0.25, 0.3) is 0 Å². The molecule has 0 spiro atoms. The maximum Gasteiger partial charge on any atom is 0.229 e. The Hall–Kier alpha value is -2.41. The molecule has 0 unspecified atom stereocenters. The molecule has 1 aromatic carbocycles. The lowest BCUT2D eigenvalue weighted by Crippen LogP contribution is -2.09. The van der Waals surface area contributed by atoms with Gasteiger partial charge in [0.05, 0.1) is 6.20 Å². The van der Waals surface area contributed by atoms with Crippen LogP contribution in [0.3, 0.4) is 0 Å². The fraction of sp³-hybridized carbons (Fsp3) is 0.231. The van der Waals surface area contributed by atoms with Gasteiger partial charge in [-0.1, -0.05) is 6.07 Å². The Labute approximate surface area is 115 Å². The lowest BCUT2D eigenvalue weighted by Gasteiger charge is -2.09. The highest BCUT2D eigenvalue weighted by atomic mass is 19.1. The van der Waals surface area contributed by atoms with Crippen LogP contribution >= 0.6 is 0 Å². The largest absolute Gasteiger partial charge is 0.399 e. The summed E-state index contributed by atoms with van der Waals surface area (Å²) in [4.78, 5) is 7.90. The van der Waals surface area contributed by atoms with Crippen molar-refractivity contribution in [1.82, 2.24) is 9.97 Å². The smallest absolute Gasteiger partial charge is 0.229 e. The molecule has 0 aliphatic heterocycles. The summed E-state index contributed by atoms with van der Waals surface area (Å²) in [5.41, 5.74) is 7.00. The van der Waals surface area contributed by atoms with Gasteiger partial charge in [-0.2, -0.15) is 4.98 Å². The number of hydrogen-bond acceptors (Lipinski definition) is 6. The van der Waals surface area contributed by atoms with Crippen molar-refractivity contribution >= 4 is 23.1 Å². The molecule has 0 aliphatic rings. The van der Waals surface area contributed by atoms with E-state index in [1.165, 1.54) is 0 Å². The molecule has 1 heterocycles. The quantitative estimate of drug-likeness (QED) is 0.474. The molecule has 0 amide bonds. The summed E-state index contributed by atoms with van der Waals surface area (Å²) >= 11 is 0. The number of aromatic nitrogens is 2. The molecule has 2 rings (SSSR count). The number of anilines is 4. The Kier molecular flexibility index (Phi) is 4.67. The summed E-state index contributed by atoms with van der Waals surface area (Å²) in [5.74, 6) is -0.176. The molecular formula is C13H16FN5O. The van der Waals surface area contributed by atoms with Gasteiger partial charge in [0.15, 0.2) is 11.6 Å². The first-order chi connectivity index (χ1) is 9.69. The van der Waals surface area contributed by atoms with E-state index in [1.807, 2.05) is 6.07 Å². The van der Waals surface area contributed by atoms with Gasteiger partial charge in [0.2, 0.25) is 5.95 Å². The topological polar surface area (TPSA) is 96.1 Å². The van der Waals surface area contributed by atoms with E-state index in [4.69, 9.17) is 10.8 Å². The van der Waals surface area contributed by atoms with Crippen LogP contribution in [0.1, 0.15) is 6.42 Å². The number of nitrogen functional groups attached to an aromatic ring is 1. The summed E-state index contributed by atoms with van der Waals surface area (Å²) in [6, 6.07) is 7.09. The minimum Gasteiger partial charge on any atom is -0.399 e. The van der Waals surface area contributed by atoms with Crippen molar-refractivity contribution in [3.05, 3.63) is 36.3 Å². The number of nitrogens with zero attached hydrogens (tertiary/aromatic N) is 2. The third kappa shape index (κ3) is 3.79. The second kappa shape index (κ2) is 6.67. The molecule has 6 nitrogen and oxygen atoms in total. The Balaban J connectivity index is 2.10. The van der Waals surface area contributed by atoms with Crippen LogP contribution < -0.4 is 16.4 Å². The van der Waals surface area contributed by atoms with Crippen LogP contribution in [0.15, 0.2) is 30.5 Å². The van der Waals surface area contributed by atoms with Crippen molar-refractivity contribution in [1.29, 1.82) is 0 Å². The summed E-state index contributed by atoms with van der Waals surface area (Å²) in [7, 11) is 0. The molecule has 0 atom stereocenters. The molecule has 0 aliphatic carbocycles. The molecule has 0 saturated carbocycles. The van der Waals surface area contributed by atoms with Crippen molar-refractivity contribution in [3.63, 3.8) is 0 Å². The van der Waals surface area contributed by atoms with Crippen LogP contribution in [0.4, 0.5) is 27.5 Å². The Bertz CT molecular complexity index is 578. The first-order valence-electron chi connectivity index (χ1n) is 6.19. The first-order valence-corrected chi connectivity index (χ1v) is 6.19. The minimum absolute atomic E-state index is 0.0358. The molecule has 0 fully saturated rings. The predicted octanol–water partition coefficient (Wildman–Crippen LogP) is 1.74. The van der Waals surface area contributed by atoms with Crippen molar-refractivity contribution in [2.45, 2.75) is 6.42 Å². The molecule has 5 N–H and O–H groups in total. The lowest BCUT2D eigenvalue weighted by molar-refractivity contribution is 0.292. The Morgan fingerprint density at radius 2 is 2.20 bits per heavy atom. The fourth-order valence-corrected chi connectivity index (χ4v) is 1.58. The number of nitrogens with one attached hydrogen (secondary N) is 2. The first kappa shape index (κ1) is 14.0. The van der Waals surface area contributed by atoms with Crippen molar-refractivity contribution < 1.29 is 9.50 Å². The van der Waals surface area contributed by atoms with E-state index < -0.39 is 5.82 Å². The summed E-state index contributed by atoms with van der Waals surface area (Å²) in [6.45, 7) is 0.469. The van der Waals surface area contributed by atoms with Gasteiger partial charge in [0.25, 0.3) is 0 Å². The van der Waals surface area contributed by atoms with Gasteiger partial charge in [0.1, 0.15) is 0 Å². The zero-order chi connectivity index (χ0) is 14.4. The number of aliphatic hydroxyl groups is 1. The van der Waals surface area contributed by atoms with Gasteiger partial charge in [-0.3, -0.25) is 0 Å². The van der Waals surface area contributed by atoms with E-state index in [0.717, 1.165) is 11.9 Å². The standard InChI is InChI=1S/C13H16FN5O/c14-11-8-17-13(19-12(11)16-5-2-6-20)18-10-4-1-3-9(15)7-10/h1,3-4,7-8,20H,2,5-6,15H2,(H2,16,17,18,19). The van der Waals surface area contributed by atoms with Gasteiger partial charge < -0.3 is 21.5 Å².